The van der Waals surface area contributed by atoms with Gasteiger partial charge in [0.25, 0.3) is 5.91 Å². The van der Waals surface area contributed by atoms with Crippen LogP contribution in [0.3, 0.4) is 0 Å². The van der Waals surface area contributed by atoms with Gasteiger partial charge >= 0.3 is 0 Å². The van der Waals surface area contributed by atoms with Crippen molar-refractivity contribution in [3.63, 3.8) is 0 Å². The van der Waals surface area contributed by atoms with E-state index in [0.29, 0.717) is 34.6 Å². The van der Waals surface area contributed by atoms with Gasteiger partial charge in [0.05, 0.1) is 19.9 Å². The van der Waals surface area contributed by atoms with Gasteiger partial charge in [0.1, 0.15) is 29.6 Å². The summed E-state index contributed by atoms with van der Waals surface area (Å²) in [5, 5.41) is 3.34. The number of hydrogen-bond acceptors (Lipinski definition) is 5. The summed E-state index contributed by atoms with van der Waals surface area (Å²) in [7, 11) is 3.20. The molecule has 37 heavy (non-hydrogen) atoms. The number of nitrogens with one attached hydrogen (secondary N) is 1. The molecule has 1 aliphatic rings. The van der Waals surface area contributed by atoms with E-state index in [2.05, 4.69) is 51.2 Å². The minimum absolute atomic E-state index is 0.0559. The first-order valence-corrected chi connectivity index (χ1v) is 12.4. The van der Waals surface area contributed by atoms with Gasteiger partial charge in [-0.3, -0.25) is 4.79 Å². The summed E-state index contributed by atoms with van der Waals surface area (Å²) < 4.78 is 17.3. The Hall–Kier alpha value is -3.84. The van der Waals surface area contributed by atoms with Crippen LogP contribution < -0.4 is 24.4 Å². The zero-order chi connectivity index (χ0) is 26.7. The number of thiocarbonyl (C=S) groups is 1. The number of aryl methyl sites for hydroxylation is 1. The molecule has 1 saturated heterocycles. The van der Waals surface area contributed by atoms with Crippen molar-refractivity contribution in [2.75, 3.05) is 19.1 Å². The van der Waals surface area contributed by atoms with Crippen molar-refractivity contribution in [3.05, 3.63) is 88.6 Å². The molecule has 0 atom stereocenters. The van der Waals surface area contributed by atoms with Crippen molar-refractivity contribution in [1.82, 2.24) is 5.32 Å². The van der Waals surface area contributed by atoms with E-state index < -0.39 is 0 Å². The van der Waals surface area contributed by atoms with Gasteiger partial charge in [0.15, 0.2) is 5.11 Å². The summed E-state index contributed by atoms with van der Waals surface area (Å²) in [5.74, 6) is 1.88. The van der Waals surface area contributed by atoms with E-state index in [0.717, 1.165) is 28.0 Å². The second-order valence-corrected chi connectivity index (χ2v) is 10.3. The van der Waals surface area contributed by atoms with E-state index in [-0.39, 0.29) is 11.3 Å². The van der Waals surface area contributed by atoms with E-state index in [1.807, 2.05) is 30.3 Å². The molecule has 0 radical (unpaired) electrons. The summed E-state index contributed by atoms with van der Waals surface area (Å²) in [6.07, 6.45) is 1.78. The van der Waals surface area contributed by atoms with Crippen LogP contribution in [0.1, 0.15) is 43.0 Å². The summed E-state index contributed by atoms with van der Waals surface area (Å²) in [4.78, 5) is 14.7. The average molecular weight is 517 g/mol. The molecule has 1 fully saturated rings. The molecule has 0 saturated carbocycles. The second kappa shape index (κ2) is 10.6. The van der Waals surface area contributed by atoms with Gasteiger partial charge < -0.3 is 19.5 Å². The highest BCUT2D eigenvalue weighted by molar-refractivity contribution is 7.80. The van der Waals surface area contributed by atoms with Crippen molar-refractivity contribution in [1.29, 1.82) is 0 Å². The molecule has 3 aromatic carbocycles. The molecule has 192 valence electrons. The van der Waals surface area contributed by atoms with E-state index in [9.17, 15) is 4.79 Å². The van der Waals surface area contributed by atoms with Crippen molar-refractivity contribution in [3.8, 4) is 17.2 Å². The van der Waals surface area contributed by atoms with Gasteiger partial charge in [-0.05, 0) is 77.7 Å². The molecule has 1 heterocycles. The van der Waals surface area contributed by atoms with Crippen LogP contribution in [-0.4, -0.2) is 25.2 Å². The Balaban J connectivity index is 1.61. The maximum absolute atomic E-state index is 13.3. The van der Waals surface area contributed by atoms with Gasteiger partial charge in [-0.1, -0.05) is 51.1 Å². The number of nitrogens with zero attached hydrogens (tertiary/aromatic N) is 1. The van der Waals surface area contributed by atoms with Crippen molar-refractivity contribution in [2.24, 2.45) is 0 Å². The smallest absolute Gasteiger partial charge is 0.281 e. The molecule has 1 amide bonds. The summed E-state index contributed by atoms with van der Waals surface area (Å²) in [6, 6.07) is 19.3. The average Bonchev–Trinajstić information content (AvgIpc) is 3.14. The number of amides is 1. The molecule has 6 nitrogen and oxygen atoms in total. The molecule has 1 N–H and O–H groups in total. The molecule has 0 aromatic heterocycles. The maximum Gasteiger partial charge on any atom is 0.281 e. The third kappa shape index (κ3) is 5.62. The number of anilines is 1. The Morgan fingerprint density at radius 1 is 0.946 bits per heavy atom. The minimum atomic E-state index is -0.252. The largest absolute Gasteiger partial charge is 0.496 e. The van der Waals surface area contributed by atoms with Crippen LogP contribution in [-0.2, 0) is 16.8 Å². The standard InChI is InChI=1S/C30H32N2O4S/c1-19-11-13-22(30(2,3)4)27(15-19)36-18-21-16-20(12-14-25(21)34-5)17-23-28(33)32(29(37)31-23)24-9-7-8-10-26(24)35-6/h7-17H,18H2,1-6H3,(H,31,37)/b23-17+. The molecule has 0 bridgehead atoms. The van der Waals surface area contributed by atoms with E-state index in [4.69, 9.17) is 26.4 Å². The number of hydrogen-bond donors (Lipinski definition) is 1. The fourth-order valence-electron chi connectivity index (χ4n) is 4.26. The van der Waals surface area contributed by atoms with Crippen LogP contribution in [0, 0.1) is 6.92 Å². The molecule has 4 rings (SSSR count). The van der Waals surface area contributed by atoms with Gasteiger partial charge in [0, 0.05) is 5.56 Å². The molecule has 3 aromatic rings. The number of carbonyl (C=O) groups is 1. The maximum atomic E-state index is 13.3. The molecule has 0 unspecified atom stereocenters. The van der Waals surface area contributed by atoms with Crippen molar-refractivity contribution < 1.29 is 19.0 Å². The molecular formula is C30H32N2O4S. The predicted octanol–water partition coefficient (Wildman–Crippen LogP) is 6.15. The van der Waals surface area contributed by atoms with Crippen LogP contribution in [0.4, 0.5) is 5.69 Å². The fourth-order valence-corrected chi connectivity index (χ4v) is 4.55. The highest BCUT2D eigenvalue weighted by Crippen LogP contribution is 2.34. The number of rotatable bonds is 7. The van der Waals surface area contributed by atoms with Crippen LogP contribution in [0.5, 0.6) is 17.2 Å². The fraction of sp³-hybridized carbons (Fsp3) is 0.267. The van der Waals surface area contributed by atoms with Crippen LogP contribution in [0.25, 0.3) is 6.08 Å². The quantitative estimate of drug-likeness (QED) is 0.300. The second-order valence-electron chi connectivity index (χ2n) is 9.91. The first-order chi connectivity index (χ1) is 17.6. The Morgan fingerprint density at radius 3 is 2.38 bits per heavy atom. The Bertz CT molecular complexity index is 1370. The monoisotopic (exact) mass is 516 g/mol. The lowest BCUT2D eigenvalue weighted by atomic mass is 9.86. The lowest BCUT2D eigenvalue weighted by Crippen LogP contribution is -2.30. The third-order valence-electron chi connectivity index (χ3n) is 6.15. The van der Waals surface area contributed by atoms with Crippen LogP contribution in [0.2, 0.25) is 0 Å². The van der Waals surface area contributed by atoms with Crippen LogP contribution in [0.15, 0.2) is 66.4 Å². The number of benzene rings is 3. The lowest BCUT2D eigenvalue weighted by molar-refractivity contribution is -0.113. The highest BCUT2D eigenvalue weighted by Gasteiger charge is 2.33. The summed E-state index contributed by atoms with van der Waals surface area (Å²) in [6.45, 7) is 8.88. The number of para-hydroxylation sites is 2. The SMILES string of the molecule is COc1ccc(/C=C2/NC(=S)N(c3ccccc3OC)C2=O)cc1COc1cc(C)ccc1C(C)(C)C. The van der Waals surface area contributed by atoms with Crippen LogP contribution >= 0.6 is 12.2 Å². The van der Waals surface area contributed by atoms with Gasteiger partial charge in [0.2, 0.25) is 0 Å². The Labute approximate surface area is 223 Å². The minimum Gasteiger partial charge on any atom is -0.496 e. The molecule has 7 heteroatoms. The van der Waals surface area contributed by atoms with E-state index >= 15 is 0 Å². The normalized spacial score (nSPS) is 14.6. The molecule has 0 aliphatic carbocycles. The molecule has 1 aliphatic heterocycles. The lowest BCUT2D eigenvalue weighted by Gasteiger charge is -2.23. The highest BCUT2D eigenvalue weighted by atomic mass is 32.1. The van der Waals surface area contributed by atoms with E-state index in [1.165, 1.54) is 4.90 Å². The summed E-state index contributed by atoms with van der Waals surface area (Å²) >= 11 is 5.47. The number of ether oxygens (including phenoxy) is 3. The predicted molar refractivity (Wildman–Crippen MR) is 151 cm³/mol. The molecular weight excluding hydrogens is 484 g/mol. The van der Waals surface area contributed by atoms with Crippen molar-refractivity contribution in [2.45, 2.75) is 39.7 Å². The first-order valence-electron chi connectivity index (χ1n) is 12.0. The Morgan fingerprint density at radius 2 is 1.68 bits per heavy atom. The third-order valence-corrected chi connectivity index (χ3v) is 6.43. The van der Waals surface area contributed by atoms with Gasteiger partial charge in [-0.25, -0.2) is 4.90 Å². The zero-order valence-corrected chi connectivity index (χ0v) is 22.9. The summed E-state index contributed by atoms with van der Waals surface area (Å²) in [5.41, 5.74) is 4.87. The first kappa shape index (κ1) is 26.2. The Kier molecular flexibility index (Phi) is 7.55. The number of carbonyl (C=O) groups excluding carboxylic acids is 1. The number of methoxy groups -OCH3 is 2. The van der Waals surface area contributed by atoms with E-state index in [1.54, 1.807) is 32.4 Å². The van der Waals surface area contributed by atoms with Gasteiger partial charge in [-0.2, -0.15) is 0 Å². The van der Waals surface area contributed by atoms with Gasteiger partial charge in [-0.15, -0.1) is 0 Å². The van der Waals surface area contributed by atoms with Crippen molar-refractivity contribution >= 4 is 35.0 Å². The molecule has 0 spiro atoms. The zero-order valence-electron chi connectivity index (χ0n) is 22.0. The topological polar surface area (TPSA) is 60.0 Å².